The highest BCUT2D eigenvalue weighted by Crippen LogP contribution is 2.09. The summed E-state index contributed by atoms with van der Waals surface area (Å²) in [6.07, 6.45) is 1.58. The highest BCUT2D eigenvalue weighted by molar-refractivity contribution is 5.92. The average molecular weight is 264 g/mol. The molecule has 0 bridgehead atoms. The summed E-state index contributed by atoms with van der Waals surface area (Å²) in [6.45, 7) is 4.36. The number of nitrogens with zero attached hydrogens (tertiary/aromatic N) is 1. The molecule has 0 aliphatic heterocycles. The Morgan fingerprint density at radius 1 is 1.37 bits per heavy atom. The average Bonchev–Trinajstić information content (AvgIpc) is 2.36. The molecule has 1 heterocycles. The van der Waals surface area contributed by atoms with E-state index in [0.717, 1.165) is 12.1 Å². The van der Waals surface area contributed by atoms with Gasteiger partial charge in [-0.15, -0.1) is 0 Å². The summed E-state index contributed by atoms with van der Waals surface area (Å²) in [5.41, 5.74) is 1.22. The van der Waals surface area contributed by atoms with E-state index in [1.54, 1.807) is 12.1 Å². The molecule has 2 N–H and O–H groups in total. The number of carboxylic acids is 1. The molecule has 19 heavy (non-hydrogen) atoms. The van der Waals surface area contributed by atoms with Crippen molar-refractivity contribution in [1.82, 2.24) is 10.3 Å². The molecule has 0 aromatic carbocycles. The zero-order valence-electron chi connectivity index (χ0n) is 11.3. The predicted molar refractivity (Wildman–Crippen MR) is 72.0 cm³/mol. The molecule has 0 spiro atoms. The summed E-state index contributed by atoms with van der Waals surface area (Å²) in [4.78, 5) is 26.3. The standard InChI is InChI=1S/C14H20N2O3/c1-10(6-7-13(17)18)8-9-15-14(19)12-5-3-4-11(2)16-12/h3-5,10H,6-9H2,1-2H3,(H,15,19)(H,17,18). The Hall–Kier alpha value is -1.91. The van der Waals surface area contributed by atoms with E-state index in [2.05, 4.69) is 10.3 Å². The van der Waals surface area contributed by atoms with Gasteiger partial charge in [-0.2, -0.15) is 0 Å². The fourth-order valence-electron chi connectivity index (χ4n) is 1.71. The molecule has 1 amide bonds. The lowest BCUT2D eigenvalue weighted by atomic mass is 10.0. The van der Waals surface area contributed by atoms with Crippen molar-refractivity contribution in [3.8, 4) is 0 Å². The van der Waals surface area contributed by atoms with Crippen LogP contribution in [0.4, 0.5) is 0 Å². The summed E-state index contributed by atoms with van der Waals surface area (Å²) in [5.74, 6) is -0.684. The number of hydrogen-bond donors (Lipinski definition) is 2. The van der Waals surface area contributed by atoms with Crippen LogP contribution in [0, 0.1) is 12.8 Å². The van der Waals surface area contributed by atoms with E-state index in [0.29, 0.717) is 18.7 Å². The fourth-order valence-corrected chi connectivity index (χ4v) is 1.71. The Morgan fingerprint density at radius 2 is 2.11 bits per heavy atom. The largest absolute Gasteiger partial charge is 0.481 e. The highest BCUT2D eigenvalue weighted by Gasteiger charge is 2.09. The van der Waals surface area contributed by atoms with Crippen LogP contribution >= 0.6 is 0 Å². The van der Waals surface area contributed by atoms with E-state index in [4.69, 9.17) is 5.11 Å². The number of carbonyl (C=O) groups excluding carboxylic acids is 1. The number of carbonyl (C=O) groups is 2. The van der Waals surface area contributed by atoms with Crippen molar-refractivity contribution in [2.75, 3.05) is 6.54 Å². The van der Waals surface area contributed by atoms with E-state index in [1.807, 2.05) is 19.9 Å². The lowest BCUT2D eigenvalue weighted by molar-refractivity contribution is -0.137. The minimum Gasteiger partial charge on any atom is -0.481 e. The second kappa shape index (κ2) is 7.51. The molecule has 0 fully saturated rings. The zero-order chi connectivity index (χ0) is 14.3. The smallest absolute Gasteiger partial charge is 0.303 e. The van der Waals surface area contributed by atoms with Crippen molar-refractivity contribution in [2.45, 2.75) is 33.1 Å². The lowest BCUT2D eigenvalue weighted by Crippen LogP contribution is -2.26. The van der Waals surface area contributed by atoms with E-state index in [1.165, 1.54) is 0 Å². The molecule has 1 aromatic rings. The van der Waals surface area contributed by atoms with Gasteiger partial charge in [0.1, 0.15) is 5.69 Å². The van der Waals surface area contributed by atoms with Gasteiger partial charge in [0.15, 0.2) is 0 Å². The minimum atomic E-state index is -0.778. The zero-order valence-corrected chi connectivity index (χ0v) is 11.3. The number of aryl methyl sites for hydroxylation is 1. The SMILES string of the molecule is Cc1cccc(C(=O)NCCC(C)CCC(=O)O)n1. The maximum atomic E-state index is 11.8. The van der Waals surface area contributed by atoms with Crippen molar-refractivity contribution in [3.63, 3.8) is 0 Å². The van der Waals surface area contributed by atoms with Crippen LogP contribution in [-0.4, -0.2) is 28.5 Å². The van der Waals surface area contributed by atoms with Crippen LogP contribution in [0.1, 0.15) is 42.4 Å². The van der Waals surface area contributed by atoms with Crippen molar-refractivity contribution < 1.29 is 14.7 Å². The molecular formula is C14H20N2O3. The Balaban J connectivity index is 2.29. The number of hydrogen-bond acceptors (Lipinski definition) is 3. The van der Waals surface area contributed by atoms with Gasteiger partial charge in [-0.3, -0.25) is 9.59 Å². The van der Waals surface area contributed by atoms with Crippen molar-refractivity contribution in [1.29, 1.82) is 0 Å². The van der Waals surface area contributed by atoms with E-state index >= 15 is 0 Å². The van der Waals surface area contributed by atoms with Gasteiger partial charge >= 0.3 is 5.97 Å². The number of nitrogens with one attached hydrogen (secondary N) is 1. The van der Waals surface area contributed by atoms with Crippen LogP contribution in [0.25, 0.3) is 0 Å². The Morgan fingerprint density at radius 3 is 2.74 bits per heavy atom. The molecule has 0 saturated heterocycles. The molecule has 5 heteroatoms. The normalized spacial score (nSPS) is 11.9. The first-order valence-corrected chi connectivity index (χ1v) is 6.42. The van der Waals surface area contributed by atoms with Gasteiger partial charge < -0.3 is 10.4 Å². The van der Waals surface area contributed by atoms with Crippen molar-refractivity contribution in [3.05, 3.63) is 29.6 Å². The van der Waals surface area contributed by atoms with E-state index < -0.39 is 5.97 Å². The van der Waals surface area contributed by atoms with E-state index in [-0.39, 0.29) is 18.2 Å². The lowest BCUT2D eigenvalue weighted by Gasteiger charge is -2.10. The van der Waals surface area contributed by atoms with Crippen LogP contribution in [0.5, 0.6) is 0 Å². The molecule has 1 atom stereocenters. The van der Waals surface area contributed by atoms with Crippen LogP contribution < -0.4 is 5.32 Å². The van der Waals surface area contributed by atoms with Gasteiger partial charge in [0.05, 0.1) is 0 Å². The second-order valence-corrected chi connectivity index (χ2v) is 4.75. The number of rotatable bonds is 7. The first-order valence-electron chi connectivity index (χ1n) is 6.42. The number of aliphatic carboxylic acids is 1. The van der Waals surface area contributed by atoms with Crippen LogP contribution in [0.3, 0.4) is 0 Å². The maximum absolute atomic E-state index is 11.8. The molecule has 5 nitrogen and oxygen atoms in total. The van der Waals surface area contributed by atoms with Gasteiger partial charge in [-0.25, -0.2) is 4.98 Å². The third kappa shape index (κ3) is 5.99. The van der Waals surface area contributed by atoms with Crippen LogP contribution in [-0.2, 0) is 4.79 Å². The van der Waals surface area contributed by atoms with Gasteiger partial charge in [-0.1, -0.05) is 13.0 Å². The fraction of sp³-hybridized carbons (Fsp3) is 0.500. The summed E-state index contributed by atoms with van der Waals surface area (Å²) >= 11 is 0. The molecule has 1 unspecified atom stereocenters. The monoisotopic (exact) mass is 264 g/mol. The Labute approximate surface area is 113 Å². The maximum Gasteiger partial charge on any atom is 0.303 e. The third-order valence-electron chi connectivity index (χ3n) is 2.89. The van der Waals surface area contributed by atoms with Crippen LogP contribution in [0.15, 0.2) is 18.2 Å². The van der Waals surface area contributed by atoms with Gasteiger partial charge in [0, 0.05) is 18.7 Å². The second-order valence-electron chi connectivity index (χ2n) is 4.75. The molecule has 0 aliphatic carbocycles. The Bertz CT molecular complexity index is 446. The molecule has 0 radical (unpaired) electrons. The van der Waals surface area contributed by atoms with Gasteiger partial charge in [0.2, 0.25) is 0 Å². The number of amides is 1. The minimum absolute atomic E-state index is 0.175. The number of carboxylic acid groups (broad SMARTS) is 1. The molecule has 1 rings (SSSR count). The summed E-state index contributed by atoms with van der Waals surface area (Å²) in [7, 11) is 0. The van der Waals surface area contributed by atoms with E-state index in [9.17, 15) is 9.59 Å². The van der Waals surface area contributed by atoms with Crippen molar-refractivity contribution in [2.24, 2.45) is 5.92 Å². The first-order chi connectivity index (χ1) is 8.99. The quantitative estimate of drug-likeness (QED) is 0.789. The highest BCUT2D eigenvalue weighted by atomic mass is 16.4. The topological polar surface area (TPSA) is 79.3 Å². The first kappa shape index (κ1) is 15.1. The predicted octanol–water partition coefficient (Wildman–Crippen LogP) is 2.01. The summed E-state index contributed by atoms with van der Waals surface area (Å²) in [5, 5.41) is 11.4. The molecule has 0 aliphatic rings. The van der Waals surface area contributed by atoms with Gasteiger partial charge in [0.25, 0.3) is 5.91 Å². The van der Waals surface area contributed by atoms with Gasteiger partial charge in [-0.05, 0) is 37.8 Å². The van der Waals surface area contributed by atoms with Crippen molar-refractivity contribution >= 4 is 11.9 Å². The summed E-state index contributed by atoms with van der Waals surface area (Å²) < 4.78 is 0. The third-order valence-corrected chi connectivity index (χ3v) is 2.89. The summed E-state index contributed by atoms with van der Waals surface area (Å²) in [6, 6.07) is 5.31. The van der Waals surface area contributed by atoms with Crippen LogP contribution in [0.2, 0.25) is 0 Å². The number of aromatic nitrogens is 1. The molecule has 1 aromatic heterocycles. The molecule has 104 valence electrons. The Kier molecular flexibility index (Phi) is 5.99. The number of pyridine rings is 1. The molecule has 0 saturated carbocycles. The molecular weight excluding hydrogens is 244 g/mol.